The van der Waals surface area contributed by atoms with Crippen molar-refractivity contribution >= 4 is 33.6 Å². The molecule has 2 N–H and O–H groups in total. The molecule has 4 aromatic rings. The van der Waals surface area contributed by atoms with Crippen molar-refractivity contribution in [1.29, 1.82) is 0 Å². The average Bonchev–Trinajstić information content (AvgIpc) is 3.28. The Labute approximate surface area is 183 Å². The van der Waals surface area contributed by atoms with Gasteiger partial charge in [0, 0.05) is 5.70 Å². The van der Waals surface area contributed by atoms with Crippen LogP contribution in [0.25, 0.3) is 27.8 Å². The highest BCUT2D eigenvalue weighted by molar-refractivity contribution is 5.82. The summed E-state index contributed by atoms with van der Waals surface area (Å²) < 4.78 is 16.0. The number of hydrogen-bond acceptors (Lipinski definition) is 6. The van der Waals surface area contributed by atoms with Gasteiger partial charge < -0.3 is 10.3 Å². The number of H-pyrrole nitrogens is 1. The maximum Gasteiger partial charge on any atom is 0.269 e. The number of allylic oxidation sites excluding steroid dienone is 5. The van der Waals surface area contributed by atoms with Crippen LogP contribution in [0, 0.1) is 5.82 Å². The molecule has 0 saturated carbocycles. The third kappa shape index (κ3) is 3.68. The van der Waals surface area contributed by atoms with E-state index in [1.807, 2.05) is 19.9 Å². The van der Waals surface area contributed by atoms with E-state index in [9.17, 15) is 9.18 Å². The molecule has 1 unspecified atom stereocenters. The van der Waals surface area contributed by atoms with Gasteiger partial charge in [0.05, 0.1) is 17.9 Å². The summed E-state index contributed by atoms with van der Waals surface area (Å²) in [5.41, 5.74) is 1.41. The van der Waals surface area contributed by atoms with E-state index >= 15 is 0 Å². The van der Waals surface area contributed by atoms with Crippen LogP contribution in [0.4, 0.5) is 10.2 Å². The van der Waals surface area contributed by atoms with E-state index in [0.29, 0.717) is 34.9 Å². The molecule has 0 saturated heterocycles. The first-order valence-electron chi connectivity index (χ1n) is 10.2. The van der Waals surface area contributed by atoms with E-state index in [1.165, 1.54) is 29.4 Å². The zero-order chi connectivity index (χ0) is 22.7. The van der Waals surface area contributed by atoms with Crippen molar-refractivity contribution in [3.05, 3.63) is 83.7 Å². The van der Waals surface area contributed by atoms with Gasteiger partial charge in [-0.25, -0.2) is 24.3 Å². The van der Waals surface area contributed by atoms with E-state index in [-0.39, 0.29) is 10.9 Å². The van der Waals surface area contributed by atoms with Crippen LogP contribution in [-0.2, 0) is 0 Å². The summed E-state index contributed by atoms with van der Waals surface area (Å²) in [5.74, 6) is 0.320. The minimum absolute atomic E-state index is 0.0719. The molecule has 32 heavy (non-hydrogen) atoms. The van der Waals surface area contributed by atoms with E-state index in [1.54, 1.807) is 24.3 Å². The Morgan fingerprint density at radius 3 is 2.94 bits per heavy atom. The summed E-state index contributed by atoms with van der Waals surface area (Å²) >= 11 is 0. The van der Waals surface area contributed by atoms with Crippen LogP contribution >= 0.6 is 0 Å². The number of benzene rings is 1. The van der Waals surface area contributed by atoms with E-state index in [0.717, 1.165) is 0 Å². The molecule has 0 aliphatic heterocycles. The topological polar surface area (TPSA) is 101 Å². The van der Waals surface area contributed by atoms with Crippen LogP contribution < -0.4 is 10.9 Å². The number of rotatable bonds is 7. The number of fused-ring (bicyclic) bond motifs is 2. The Morgan fingerprint density at radius 1 is 1.34 bits per heavy atom. The first-order valence-corrected chi connectivity index (χ1v) is 10.2. The fraction of sp³-hybridized carbons (Fsp3) is 0.174. The van der Waals surface area contributed by atoms with E-state index in [4.69, 9.17) is 0 Å². The molecule has 8 nitrogen and oxygen atoms in total. The van der Waals surface area contributed by atoms with Crippen molar-refractivity contribution in [2.75, 3.05) is 5.32 Å². The summed E-state index contributed by atoms with van der Waals surface area (Å²) in [7, 11) is 0. The second-order valence-corrected chi connectivity index (χ2v) is 6.99. The molecule has 9 heteroatoms. The lowest BCUT2D eigenvalue weighted by molar-refractivity contribution is 0.631. The molecular weight excluding hydrogens is 409 g/mol. The Morgan fingerprint density at radius 2 is 2.19 bits per heavy atom. The maximum atomic E-state index is 14.6. The molecule has 1 atom stereocenters. The van der Waals surface area contributed by atoms with E-state index < -0.39 is 17.4 Å². The number of halogens is 1. The van der Waals surface area contributed by atoms with Crippen LogP contribution in [0.3, 0.4) is 0 Å². The lowest BCUT2D eigenvalue weighted by Gasteiger charge is -2.22. The quantitative estimate of drug-likeness (QED) is 0.422. The lowest BCUT2D eigenvalue weighted by atomic mass is 10.1. The van der Waals surface area contributed by atoms with Crippen molar-refractivity contribution in [2.24, 2.45) is 0 Å². The van der Waals surface area contributed by atoms with E-state index in [2.05, 4.69) is 36.8 Å². The van der Waals surface area contributed by atoms with Crippen LogP contribution in [0.5, 0.6) is 0 Å². The second kappa shape index (κ2) is 8.93. The highest BCUT2D eigenvalue weighted by Gasteiger charge is 2.23. The molecule has 162 valence electrons. The maximum absolute atomic E-state index is 14.6. The monoisotopic (exact) mass is 431 g/mol. The summed E-state index contributed by atoms with van der Waals surface area (Å²) in [6.45, 7) is 7.66. The summed E-state index contributed by atoms with van der Waals surface area (Å²) in [5, 5.41) is 3.27. The van der Waals surface area contributed by atoms with Crippen LogP contribution in [-0.4, -0.2) is 29.5 Å². The Kier molecular flexibility index (Phi) is 5.89. The molecule has 1 aromatic carbocycles. The molecule has 3 heterocycles. The van der Waals surface area contributed by atoms with Crippen molar-refractivity contribution < 1.29 is 4.39 Å². The number of hydrogen-bond donors (Lipinski definition) is 2. The third-order valence-electron chi connectivity index (χ3n) is 5.05. The minimum atomic E-state index is -0.620. The lowest BCUT2D eigenvalue weighted by Crippen LogP contribution is -2.29. The van der Waals surface area contributed by atoms with Gasteiger partial charge >= 0.3 is 0 Å². The molecule has 3 aromatic heterocycles. The number of aromatic amines is 1. The minimum Gasteiger partial charge on any atom is -0.358 e. The van der Waals surface area contributed by atoms with Gasteiger partial charge in [0.2, 0.25) is 0 Å². The number of nitrogens with zero attached hydrogens (tertiary/aromatic N) is 5. The Balaban J connectivity index is 1.96. The van der Waals surface area contributed by atoms with Gasteiger partial charge in [0.25, 0.3) is 5.56 Å². The van der Waals surface area contributed by atoms with Crippen LogP contribution in [0.1, 0.15) is 32.1 Å². The number of aromatic nitrogens is 6. The fourth-order valence-electron chi connectivity index (χ4n) is 3.51. The van der Waals surface area contributed by atoms with Gasteiger partial charge in [0.1, 0.15) is 28.9 Å². The summed E-state index contributed by atoms with van der Waals surface area (Å²) in [6.07, 6.45) is 10.4. The van der Waals surface area contributed by atoms with Gasteiger partial charge in [-0.3, -0.25) is 9.36 Å². The second-order valence-electron chi connectivity index (χ2n) is 6.99. The third-order valence-corrected chi connectivity index (χ3v) is 5.05. The van der Waals surface area contributed by atoms with Crippen LogP contribution in [0.15, 0.2) is 66.5 Å². The molecule has 0 aliphatic carbocycles. The Bertz CT molecular complexity index is 1420. The molecule has 0 radical (unpaired) electrons. The molecule has 0 spiro atoms. The molecule has 0 aliphatic rings. The largest absolute Gasteiger partial charge is 0.358 e. The molecule has 0 fully saturated rings. The van der Waals surface area contributed by atoms with Gasteiger partial charge in [-0.2, -0.15) is 0 Å². The van der Waals surface area contributed by atoms with Crippen molar-refractivity contribution in [2.45, 2.75) is 26.3 Å². The smallest absolute Gasteiger partial charge is 0.269 e. The summed E-state index contributed by atoms with van der Waals surface area (Å²) in [6, 6.07) is 3.99. The van der Waals surface area contributed by atoms with Crippen molar-refractivity contribution in [3.63, 3.8) is 0 Å². The molecule has 0 amide bonds. The fourth-order valence-corrected chi connectivity index (χ4v) is 3.51. The SMILES string of the molecule is C=CC(=CC=CC)n1c(C(CC)Nc2ncnc3nc[nH]c23)nc2cccc(F)c2c1=O. The molecular formula is C23H22FN7O. The Hall–Kier alpha value is -4.14. The van der Waals surface area contributed by atoms with Crippen molar-refractivity contribution in [1.82, 2.24) is 29.5 Å². The molecule has 0 bridgehead atoms. The van der Waals surface area contributed by atoms with Gasteiger partial charge in [0.15, 0.2) is 11.5 Å². The number of anilines is 1. The van der Waals surface area contributed by atoms with Gasteiger partial charge in [-0.1, -0.05) is 31.7 Å². The zero-order valence-electron chi connectivity index (χ0n) is 17.7. The number of imidazole rings is 1. The predicted molar refractivity (Wildman–Crippen MR) is 124 cm³/mol. The zero-order valence-corrected chi connectivity index (χ0v) is 17.7. The van der Waals surface area contributed by atoms with Crippen molar-refractivity contribution in [3.8, 4) is 0 Å². The highest BCUT2D eigenvalue weighted by atomic mass is 19.1. The predicted octanol–water partition coefficient (Wildman–Crippen LogP) is 4.37. The average molecular weight is 431 g/mol. The normalized spacial score (nSPS) is 13.2. The first kappa shape index (κ1) is 21.1. The highest BCUT2D eigenvalue weighted by Crippen LogP contribution is 2.26. The molecule has 4 rings (SSSR count). The number of nitrogens with one attached hydrogen (secondary N) is 2. The standard InChI is InChI=1S/C23H22FN7O/c1-4-7-9-14(5-2)31-22(30-17-11-8-10-15(24)18(17)23(31)32)16(6-3)29-21-19-20(26-12-25-19)27-13-28-21/h4-5,7-13,16H,2,6H2,1,3H3,(H2,25,26,27,28,29). The summed E-state index contributed by atoms with van der Waals surface area (Å²) in [4.78, 5) is 33.8. The first-order chi connectivity index (χ1) is 15.6. The van der Waals surface area contributed by atoms with Gasteiger partial charge in [-0.15, -0.1) is 0 Å². The van der Waals surface area contributed by atoms with Gasteiger partial charge in [-0.05, 0) is 37.6 Å². The van der Waals surface area contributed by atoms with Crippen LogP contribution in [0.2, 0.25) is 0 Å².